The van der Waals surface area contributed by atoms with Crippen molar-refractivity contribution in [1.29, 1.82) is 0 Å². The van der Waals surface area contributed by atoms with Crippen molar-refractivity contribution in [3.63, 3.8) is 0 Å². The molecular formula is C31H36ClN5O3. The molecule has 3 aliphatic rings. The molecule has 0 bridgehead atoms. The molecule has 6 rings (SSSR count). The maximum absolute atomic E-state index is 13.0. The molecule has 1 aliphatic heterocycles. The fourth-order valence-corrected chi connectivity index (χ4v) is 6.73. The zero-order valence-electron chi connectivity index (χ0n) is 23.3. The Balaban J connectivity index is 1.35. The molecule has 1 saturated carbocycles. The Kier molecular flexibility index (Phi) is 6.97. The van der Waals surface area contributed by atoms with Gasteiger partial charge >= 0.3 is 6.09 Å². The minimum Gasteiger partial charge on any atom is -0.443 e. The quantitative estimate of drug-likeness (QED) is 0.459. The number of amides is 1. The molecule has 2 aromatic heterocycles. The maximum atomic E-state index is 13.0. The summed E-state index contributed by atoms with van der Waals surface area (Å²) in [6.45, 7) is 6.33. The number of imidazole rings is 1. The average molecular weight is 562 g/mol. The molecule has 2 atom stereocenters. The van der Waals surface area contributed by atoms with Gasteiger partial charge in [-0.1, -0.05) is 23.7 Å². The molecule has 2 fully saturated rings. The summed E-state index contributed by atoms with van der Waals surface area (Å²) in [5, 5.41) is 12.6. The second kappa shape index (κ2) is 10.3. The monoisotopic (exact) mass is 561 g/mol. The lowest BCUT2D eigenvalue weighted by molar-refractivity contribution is -0.00388. The maximum Gasteiger partial charge on any atom is 0.410 e. The first-order chi connectivity index (χ1) is 19.2. The van der Waals surface area contributed by atoms with Crippen LogP contribution in [0.15, 0.2) is 49.1 Å². The van der Waals surface area contributed by atoms with E-state index in [1.807, 2.05) is 59.1 Å². The van der Waals surface area contributed by atoms with Crippen LogP contribution in [0.1, 0.15) is 73.7 Å². The van der Waals surface area contributed by atoms with Crippen LogP contribution >= 0.6 is 11.6 Å². The first-order valence-corrected chi connectivity index (χ1v) is 14.4. The number of hydrogen-bond acceptors (Lipinski definition) is 6. The standard InChI is InChI=1S/C31H36ClN5O3/c1-30(10-4-5-11-30)40-29(38)37-15-13-36(14-16-37)28-23-9-8-22(32)18-24(23)25(17-21-7-6-12-34-27(21)28)31(2,39)26-19-33-20-35(26)3/h6-9,12,17-20,28,39H,4-5,10-11,13-16H2,1-3H3/t28-,31+/m0/s1. The number of benzene rings is 1. The first-order valence-electron chi connectivity index (χ1n) is 14.0. The molecule has 1 aromatic carbocycles. The van der Waals surface area contributed by atoms with E-state index < -0.39 is 5.60 Å². The number of carbonyl (C=O) groups is 1. The number of aromatic nitrogens is 3. The van der Waals surface area contributed by atoms with Crippen LogP contribution in [0.25, 0.3) is 11.6 Å². The minimum atomic E-state index is -1.34. The van der Waals surface area contributed by atoms with Crippen LogP contribution in [0.3, 0.4) is 0 Å². The number of hydrogen-bond donors (Lipinski definition) is 1. The Labute approximate surface area is 240 Å². The fraction of sp³-hybridized carbons (Fsp3) is 0.452. The van der Waals surface area contributed by atoms with E-state index in [9.17, 15) is 9.90 Å². The molecule has 3 heterocycles. The van der Waals surface area contributed by atoms with Gasteiger partial charge < -0.3 is 19.3 Å². The highest BCUT2D eigenvalue weighted by atomic mass is 35.5. The largest absolute Gasteiger partial charge is 0.443 e. The first kappa shape index (κ1) is 27.0. The van der Waals surface area contributed by atoms with Crippen LogP contribution in [0.2, 0.25) is 5.02 Å². The third kappa shape index (κ3) is 4.82. The van der Waals surface area contributed by atoms with Gasteiger partial charge in [-0.2, -0.15) is 0 Å². The summed E-state index contributed by atoms with van der Waals surface area (Å²) in [5.41, 5.74) is 3.47. The number of ether oxygens (including phenoxy) is 1. The van der Waals surface area contributed by atoms with E-state index in [0.717, 1.165) is 53.6 Å². The lowest BCUT2D eigenvalue weighted by atomic mass is 9.84. The molecule has 1 amide bonds. The number of aryl methyl sites for hydroxylation is 1. The second-order valence-electron chi connectivity index (χ2n) is 11.7. The molecule has 0 radical (unpaired) electrons. The summed E-state index contributed by atoms with van der Waals surface area (Å²) in [4.78, 5) is 26.4. The normalized spacial score (nSPS) is 22.1. The molecule has 0 spiro atoms. The van der Waals surface area contributed by atoms with Crippen molar-refractivity contribution in [2.75, 3.05) is 26.2 Å². The molecule has 1 N–H and O–H groups in total. The van der Waals surface area contributed by atoms with Gasteiger partial charge in [-0.3, -0.25) is 9.88 Å². The number of fused-ring (bicyclic) bond motifs is 2. The van der Waals surface area contributed by atoms with Crippen LogP contribution in [0, 0.1) is 0 Å². The number of carbonyl (C=O) groups excluding carboxylic acids is 1. The SMILES string of the molecule is Cn1cncc1[C@](C)(O)C1=Cc2cccnc2[C@@H](N2CCN(C(=O)OC3(C)CCCC3)CC2)c2ccc(Cl)cc21. The molecule has 3 aromatic rings. The molecule has 2 aliphatic carbocycles. The zero-order valence-corrected chi connectivity index (χ0v) is 24.1. The highest BCUT2D eigenvalue weighted by Gasteiger charge is 2.40. The average Bonchev–Trinajstić information content (AvgIpc) is 3.54. The lowest BCUT2D eigenvalue weighted by Gasteiger charge is -2.40. The highest BCUT2D eigenvalue weighted by molar-refractivity contribution is 6.30. The van der Waals surface area contributed by atoms with Crippen molar-refractivity contribution in [1.82, 2.24) is 24.3 Å². The predicted octanol–water partition coefficient (Wildman–Crippen LogP) is 5.41. The third-order valence-corrected chi connectivity index (χ3v) is 9.04. The lowest BCUT2D eigenvalue weighted by Crippen LogP contribution is -2.51. The van der Waals surface area contributed by atoms with Crippen molar-refractivity contribution < 1.29 is 14.6 Å². The molecule has 210 valence electrons. The molecule has 8 nitrogen and oxygen atoms in total. The summed E-state index contributed by atoms with van der Waals surface area (Å²) in [5.74, 6) is 0. The predicted molar refractivity (Wildman–Crippen MR) is 155 cm³/mol. The highest BCUT2D eigenvalue weighted by Crippen LogP contribution is 2.46. The Hall–Kier alpha value is -3.20. The number of piperazine rings is 1. The summed E-state index contributed by atoms with van der Waals surface area (Å²) >= 11 is 6.57. The van der Waals surface area contributed by atoms with Crippen LogP contribution in [-0.2, 0) is 17.4 Å². The summed E-state index contributed by atoms with van der Waals surface area (Å²) in [7, 11) is 1.88. The van der Waals surface area contributed by atoms with Crippen LogP contribution in [0.5, 0.6) is 0 Å². The van der Waals surface area contributed by atoms with Crippen molar-refractivity contribution in [3.8, 4) is 0 Å². The zero-order chi connectivity index (χ0) is 28.1. The molecular weight excluding hydrogens is 526 g/mol. The Morgan fingerprint density at radius 2 is 1.93 bits per heavy atom. The van der Waals surface area contributed by atoms with E-state index in [2.05, 4.69) is 16.8 Å². The Bertz CT molecular complexity index is 1450. The van der Waals surface area contributed by atoms with E-state index in [-0.39, 0.29) is 17.7 Å². The van der Waals surface area contributed by atoms with E-state index in [4.69, 9.17) is 21.3 Å². The van der Waals surface area contributed by atoms with Gasteiger partial charge in [0, 0.05) is 44.4 Å². The van der Waals surface area contributed by atoms with Gasteiger partial charge in [0.25, 0.3) is 0 Å². The minimum absolute atomic E-state index is 0.176. The fourth-order valence-electron chi connectivity index (χ4n) is 6.56. The van der Waals surface area contributed by atoms with E-state index >= 15 is 0 Å². The Morgan fingerprint density at radius 1 is 1.18 bits per heavy atom. The summed E-state index contributed by atoms with van der Waals surface area (Å²) in [6, 6.07) is 9.66. The van der Waals surface area contributed by atoms with E-state index in [0.29, 0.717) is 36.9 Å². The number of aliphatic hydroxyl groups is 1. The molecule has 40 heavy (non-hydrogen) atoms. The second-order valence-corrected chi connectivity index (χ2v) is 12.1. The molecule has 1 saturated heterocycles. The van der Waals surface area contributed by atoms with Gasteiger partial charge in [-0.15, -0.1) is 0 Å². The number of pyridine rings is 1. The van der Waals surface area contributed by atoms with Gasteiger partial charge in [0.05, 0.1) is 30.0 Å². The van der Waals surface area contributed by atoms with Crippen LogP contribution in [-0.4, -0.2) is 67.3 Å². The summed E-state index contributed by atoms with van der Waals surface area (Å²) in [6.07, 6.45) is 11.1. The van der Waals surface area contributed by atoms with Gasteiger partial charge in [0.2, 0.25) is 0 Å². The molecule has 9 heteroatoms. The third-order valence-electron chi connectivity index (χ3n) is 8.80. The summed E-state index contributed by atoms with van der Waals surface area (Å²) < 4.78 is 7.79. The molecule has 0 unspecified atom stereocenters. The van der Waals surface area contributed by atoms with Crippen molar-refractivity contribution in [2.45, 2.75) is 56.8 Å². The number of nitrogens with zero attached hydrogens (tertiary/aromatic N) is 5. The Morgan fingerprint density at radius 3 is 2.62 bits per heavy atom. The number of halogens is 1. The van der Waals surface area contributed by atoms with Gasteiger partial charge in [-0.05, 0) is 86.1 Å². The topological polar surface area (TPSA) is 83.7 Å². The van der Waals surface area contributed by atoms with Gasteiger partial charge in [0.1, 0.15) is 11.2 Å². The van der Waals surface area contributed by atoms with E-state index in [1.54, 1.807) is 19.4 Å². The smallest absolute Gasteiger partial charge is 0.410 e. The van der Waals surface area contributed by atoms with Crippen LogP contribution < -0.4 is 0 Å². The van der Waals surface area contributed by atoms with Gasteiger partial charge in [-0.25, -0.2) is 9.78 Å². The van der Waals surface area contributed by atoms with E-state index in [1.165, 1.54) is 0 Å². The number of rotatable bonds is 4. The van der Waals surface area contributed by atoms with Crippen molar-refractivity contribution in [2.24, 2.45) is 7.05 Å². The van der Waals surface area contributed by atoms with Crippen molar-refractivity contribution >= 4 is 29.3 Å². The van der Waals surface area contributed by atoms with Crippen molar-refractivity contribution in [3.05, 3.63) is 82.2 Å². The van der Waals surface area contributed by atoms with Gasteiger partial charge in [0.15, 0.2) is 0 Å². The van der Waals surface area contributed by atoms with Crippen LogP contribution in [0.4, 0.5) is 4.79 Å².